The molecule has 5 rings (SSSR count). The molecule has 160 valence electrons. The molecule has 0 saturated carbocycles. The van der Waals surface area contributed by atoms with Gasteiger partial charge in [-0.15, -0.1) is 12.4 Å². The third-order valence-electron chi connectivity index (χ3n) is 7.06. The van der Waals surface area contributed by atoms with Crippen LogP contribution in [0.5, 0.6) is 0 Å². The highest BCUT2D eigenvalue weighted by Crippen LogP contribution is 2.44. The Balaban J connectivity index is 0.00000218. The van der Waals surface area contributed by atoms with E-state index in [1.807, 2.05) is 35.2 Å². The van der Waals surface area contributed by atoms with E-state index >= 15 is 0 Å². The fourth-order valence-corrected chi connectivity index (χ4v) is 5.31. The molecule has 30 heavy (non-hydrogen) atoms. The molecule has 2 N–H and O–H groups in total. The Morgan fingerprint density at radius 2 is 1.87 bits per heavy atom. The zero-order valence-corrected chi connectivity index (χ0v) is 18.0. The zero-order chi connectivity index (χ0) is 19.8. The van der Waals surface area contributed by atoms with E-state index in [0.29, 0.717) is 5.82 Å². The third-order valence-corrected chi connectivity index (χ3v) is 7.06. The highest BCUT2D eigenvalue weighted by molar-refractivity contribution is 5.85. The Morgan fingerprint density at radius 3 is 2.57 bits per heavy atom. The largest absolute Gasteiger partial charge is 0.341 e. The zero-order valence-electron chi connectivity index (χ0n) is 17.2. The molecule has 7 heteroatoms. The lowest BCUT2D eigenvalue weighted by atomic mass is 9.76. The SMILES string of the molecule is Cl.O=C(C1CCCCN1)N1CCC2(CCc3c2nc(-c2ccccc2)[nH]c3=O)CC1. The van der Waals surface area contributed by atoms with Crippen molar-refractivity contribution in [2.75, 3.05) is 19.6 Å². The molecular weight excluding hydrogens is 400 g/mol. The van der Waals surface area contributed by atoms with Crippen LogP contribution in [0.3, 0.4) is 0 Å². The number of hydrogen-bond donors (Lipinski definition) is 2. The normalized spacial score (nSPS) is 22.4. The maximum Gasteiger partial charge on any atom is 0.254 e. The second-order valence-corrected chi connectivity index (χ2v) is 8.72. The van der Waals surface area contributed by atoms with Crippen molar-refractivity contribution in [2.24, 2.45) is 0 Å². The summed E-state index contributed by atoms with van der Waals surface area (Å²) in [6, 6.07) is 9.82. The summed E-state index contributed by atoms with van der Waals surface area (Å²) in [5, 5.41) is 3.38. The predicted molar refractivity (Wildman–Crippen MR) is 119 cm³/mol. The molecule has 1 amide bonds. The van der Waals surface area contributed by atoms with Crippen LogP contribution in [0.2, 0.25) is 0 Å². The van der Waals surface area contributed by atoms with Crippen LogP contribution in [-0.2, 0) is 16.6 Å². The predicted octanol–water partition coefficient (Wildman–Crippen LogP) is 2.81. The average molecular weight is 429 g/mol. The fourth-order valence-electron chi connectivity index (χ4n) is 5.31. The summed E-state index contributed by atoms with van der Waals surface area (Å²) in [5.74, 6) is 0.905. The molecular formula is C23H29ClN4O2. The number of halogens is 1. The number of piperidine rings is 2. The summed E-state index contributed by atoms with van der Waals surface area (Å²) in [5.41, 5.74) is 2.69. The van der Waals surface area contributed by atoms with E-state index in [1.54, 1.807) is 0 Å². The van der Waals surface area contributed by atoms with Gasteiger partial charge in [-0.3, -0.25) is 9.59 Å². The van der Waals surface area contributed by atoms with Gasteiger partial charge < -0.3 is 15.2 Å². The second kappa shape index (κ2) is 8.52. The maximum atomic E-state index is 12.9. The summed E-state index contributed by atoms with van der Waals surface area (Å²) < 4.78 is 0. The highest BCUT2D eigenvalue weighted by Gasteiger charge is 2.45. The van der Waals surface area contributed by atoms with Crippen molar-refractivity contribution in [1.29, 1.82) is 0 Å². The summed E-state index contributed by atoms with van der Waals surface area (Å²) in [6.45, 7) is 2.45. The van der Waals surface area contributed by atoms with Crippen molar-refractivity contribution in [3.8, 4) is 11.4 Å². The third kappa shape index (κ3) is 3.67. The number of rotatable bonds is 2. The molecule has 6 nitrogen and oxygen atoms in total. The van der Waals surface area contributed by atoms with Crippen molar-refractivity contribution in [3.05, 3.63) is 51.9 Å². The Bertz CT molecular complexity index is 961. The van der Waals surface area contributed by atoms with Gasteiger partial charge in [0.25, 0.3) is 5.56 Å². The van der Waals surface area contributed by atoms with Crippen molar-refractivity contribution >= 4 is 18.3 Å². The number of H-pyrrole nitrogens is 1. The van der Waals surface area contributed by atoms with Crippen molar-refractivity contribution in [1.82, 2.24) is 20.2 Å². The molecule has 0 radical (unpaired) electrons. The first-order valence-electron chi connectivity index (χ1n) is 10.9. The number of fused-ring (bicyclic) bond motifs is 2. The van der Waals surface area contributed by atoms with Crippen molar-refractivity contribution in [3.63, 3.8) is 0 Å². The number of benzene rings is 1. The first-order valence-corrected chi connectivity index (χ1v) is 10.9. The summed E-state index contributed by atoms with van der Waals surface area (Å²) in [7, 11) is 0. The standard InChI is InChI=1S/C23H28N4O2.ClH/c28-21-17-9-10-23(19(17)25-20(26-21)16-6-2-1-3-7-16)11-14-27(15-12-23)22(29)18-8-4-5-13-24-18;/h1-3,6-7,18,24H,4-5,8-15H2,(H,25,26,28);1H. The first-order chi connectivity index (χ1) is 14.2. The number of amides is 1. The molecule has 0 bridgehead atoms. The summed E-state index contributed by atoms with van der Waals surface area (Å²) in [4.78, 5) is 35.6. The van der Waals surface area contributed by atoms with Crippen LogP contribution in [0.15, 0.2) is 35.1 Å². The number of carbonyl (C=O) groups excluding carboxylic acids is 1. The van der Waals surface area contributed by atoms with Gasteiger partial charge in [0.1, 0.15) is 5.82 Å². The molecule has 3 aliphatic rings. The van der Waals surface area contributed by atoms with Gasteiger partial charge in [-0.05, 0) is 45.1 Å². The van der Waals surface area contributed by atoms with Gasteiger partial charge in [0, 0.05) is 29.6 Å². The smallest absolute Gasteiger partial charge is 0.254 e. The molecule has 1 atom stereocenters. The number of nitrogens with zero attached hydrogens (tertiary/aromatic N) is 2. The monoisotopic (exact) mass is 428 g/mol. The maximum absolute atomic E-state index is 12.9. The molecule has 1 aromatic heterocycles. The number of likely N-dealkylation sites (tertiary alicyclic amines) is 1. The van der Waals surface area contributed by atoms with Gasteiger partial charge in [0.2, 0.25) is 5.91 Å². The van der Waals surface area contributed by atoms with Crippen LogP contribution < -0.4 is 10.9 Å². The van der Waals surface area contributed by atoms with E-state index in [9.17, 15) is 9.59 Å². The summed E-state index contributed by atoms with van der Waals surface area (Å²) in [6.07, 6.45) is 6.76. The number of nitrogens with one attached hydrogen (secondary N) is 2. The van der Waals surface area contributed by atoms with Crippen LogP contribution in [0.25, 0.3) is 11.4 Å². The van der Waals surface area contributed by atoms with E-state index in [1.165, 1.54) is 0 Å². The quantitative estimate of drug-likeness (QED) is 0.771. The van der Waals surface area contributed by atoms with E-state index in [4.69, 9.17) is 4.98 Å². The van der Waals surface area contributed by atoms with Crippen LogP contribution in [-0.4, -0.2) is 46.5 Å². The Labute approximate surface area is 182 Å². The lowest BCUT2D eigenvalue weighted by Crippen LogP contribution is -2.52. The van der Waals surface area contributed by atoms with Gasteiger partial charge >= 0.3 is 0 Å². The topological polar surface area (TPSA) is 78.1 Å². The van der Waals surface area contributed by atoms with Crippen LogP contribution in [0, 0.1) is 0 Å². The minimum absolute atomic E-state index is 0. The van der Waals surface area contributed by atoms with Crippen LogP contribution in [0.1, 0.15) is 49.8 Å². The minimum Gasteiger partial charge on any atom is -0.341 e. The number of aromatic amines is 1. The van der Waals surface area contributed by atoms with E-state index < -0.39 is 0 Å². The molecule has 1 aromatic carbocycles. The molecule has 2 fully saturated rings. The van der Waals surface area contributed by atoms with E-state index in [2.05, 4.69) is 10.3 Å². The molecule has 1 unspecified atom stereocenters. The lowest BCUT2D eigenvalue weighted by molar-refractivity contribution is -0.135. The molecule has 2 aliphatic heterocycles. The number of hydrogen-bond acceptors (Lipinski definition) is 4. The van der Waals surface area contributed by atoms with Crippen molar-refractivity contribution in [2.45, 2.75) is 56.4 Å². The lowest BCUT2D eigenvalue weighted by Gasteiger charge is -2.41. The summed E-state index contributed by atoms with van der Waals surface area (Å²) >= 11 is 0. The van der Waals surface area contributed by atoms with Crippen LogP contribution in [0.4, 0.5) is 0 Å². The minimum atomic E-state index is -0.0656. The molecule has 2 saturated heterocycles. The van der Waals surface area contributed by atoms with Gasteiger partial charge in [0.05, 0.1) is 11.7 Å². The molecule has 1 aliphatic carbocycles. The van der Waals surface area contributed by atoms with Gasteiger partial charge in [-0.25, -0.2) is 4.98 Å². The highest BCUT2D eigenvalue weighted by atomic mass is 35.5. The number of aromatic nitrogens is 2. The first kappa shape index (κ1) is 21.1. The molecule has 2 aromatic rings. The van der Waals surface area contributed by atoms with Gasteiger partial charge in [-0.1, -0.05) is 36.8 Å². The van der Waals surface area contributed by atoms with Crippen molar-refractivity contribution < 1.29 is 4.79 Å². The number of carbonyl (C=O) groups is 1. The van der Waals surface area contributed by atoms with E-state index in [0.717, 1.165) is 81.4 Å². The average Bonchev–Trinajstić information content (AvgIpc) is 3.13. The second-order valence-electron chi connectivity index (χ2n) is 8.72. The Kier molecular flexibility index (Phi) is 5.98. The van der Waals surface area contributed by atoms with Gasteiger partial charge in [0.15, 0.2) is 0 Å². The molecule has 3 heterocycles. The Hall–Kier alpha value is -2.18. The van der Waals surface area contributed by atoms with Gasteiger partial charge in [-0.2, -0.15) is 0 Å². The van der Waals surface area contributed by atoms with E-state index in [-0.39, 0.29) is 35.3 Å². The Morgan fingerprint density at radius 1 is 1.10 bits per heavy atom. The fraction of sp³-hybridized carbons (Fsp3) is 0.522. The molecule has 1 spiro atoms. The van der Waals surface area contributed by atoms with Crippen LogP contribution >= 0.6 is 12.4 Å².